The lowest BCUT2D eigenvalue weighted by Gasteiger charge is -2.11. The Balaban J connectivity index is 2.01. The van der Waals surface area contributed by atoms with Gasteiger partial charge in [-0.2, -0.15) is 5.10 Å². The number of carbonyl (C=O) groups excluding carboxylic acids is 1. The van der Waals surface area contributed by atoms with Crippen molar-refractivity contribution < 1.29 is 4.79 Å². The van der Waals surface area contributed by atoms with E-state index in [0.717, 1.165) is 28.6 Å². The second kappa shape index (κ2) is 7.05. The molecule has 0 spiro atoms. The minimum absolute atomic E-state index is 0.0386. The molecule has 5 heteroatoms. The maximum absolute atomic E-state index is 12.2. The number of hydrogen-bond donors (Lipinski definition) is 1. The van der Waals surface area contributed by atoms with Crippen LogP contribution in [-0.2, 0) is 11.3 Å². The van der Waals surface area contributed by atoms with Crippen molar-refractivity contribution in [1.29, 1.82) is 0 Å². The topological polar surface area (TPSA) is 46.9 Å². The van der Waals surface area contributed by atoms with Gasteiger partial charge in [0.05, 0.1) is 5.52 Å². The predicted molar refractivity (Wildman–Crippen MR) is 98.1 cm³/mol. The Morgan fingerprint density at radius 1 is 1.25 bits per heavy atom. The predicted octanol–water partition coefficient (Wildman–Crippen LogP) is 4.27. The first-order valence-corrected chi connectivity index (χ1v) is 8.47. The second-order valence-electron chi connectivity index (χ2n) is 5.91. The highest BCUT2D eigenvalue weighted by atomic mass is 35.5. The summed E-state index contributed by atoms with van der Waals surface area (Å²) in [5.74, 6) is -0.0386. The molecule has 0 unspecified atom stereocenters. The molecule has 0 saturated heterocycles. The molecule has 124 valence electrons. The van der Waals surface area contributed by atoms with Crippen molar-refractivity contribution in [1.82, 2.24) is 15.1 Å². The molecule has 1 aromatic heterocycles. The molecule has 1 N–H and O–H groups in total. The summed E-state index contributed by atoms with van der Waals surface area (Å²) in [6.45, 7) is 4.23. The van der Waals surface area contributed by atoms with Gasteiger partial charge in [0.1, 0.15) is 12.2 Å². The number of halogens is 1. The lowest BCUT2D eigenvalue weighted by molar-refractivity contribution is -0.122. The van der Waals surface area contributed by atoms with Gasteiger partial charge in [-0.05, 0) is 31.5 Å². The van der Waals surface area contributed by atoms with Crippen molar-refractivity contribution in [3.05, 3.63) is 53.6 Å². The Labute approximate surface area is 146 Å². The van der Waals surface area contributed by atoms with Crippen molar-refractivity contribution >= 4 is 28.4 Å². The smallest absolute Gasteiger partial charge is 0.241 e. The number of nitrogens with zero attached hydrogens (tertiary/aromatic N) is 2. The van der Waals surface area contributed by atoms with E-state index in [0.29, 0.717) is 5.02 Å². The van der Waals surface area contributed by atoms with Gasteiger partial charge in [0, 0.05) is 22.0 Å². The van der Waals surface area contributed by atoms with E-state index in [-0.39, 0.29) is 18.5 Å². The first-order chi connectivity index (χ1) is 11.6. The summed E-state index contributed by atoms with van der Waals surface area (Å²) in [5.41, 5.74) is 2.74. The van der Waals surface area contributed by atoms with E-state index in [9.17, 15) is 4.79 Å². The quantitative estimate of drug-likeness (QED) is 0.753. The normalized spacial score (nSPS) is 12.3. The first-order valence-electron chi connectivity index (χ1n) is 8.09. The van der Waals surface area contributed by atoms with Gasteiger partial charge in [-0.1, -0.05) is 48.9 Å². The minimum Gasteiger partial charge on any atom is -0.352 e. The summed E-state index contributed by atoms with van der Waals surface area (Å²) in [6, 6.07) is 15.7. The number of hydrogen-bond acceptors (Lipinski definition) is 2. The lowest BCUT2D eigenvalue weighted by atomic mass is 10.1. The molecule has 3 aromatic rings. The summed E-state index contributed by atoms with van der Waals surface area (Å²) in [5, 5.41) is 9.25. The van der Waals surface area contributed by atoms with Crippen LogP contribution in [0.1, 0.15) is 20.3 Å². The van der Waals surface area contributed by atoms with E-state index in [1.54, 1.807) is 4.68 Å². The van der Waals surface area contributed by atoms with Gasteiger partial charge in [0.2, 0.25) is 5.91 Å². The summed E-state index contributed by atoms with van der Waals surface area (Å²) in [4.78, 5) is 12.2. The van der Waals surface area contributed by atoms with Gasteiger partial charge in [-0.15, -0.1) is 0 Å². The van der Waals surface area contributed by atoms with E-state index >= 15 is 0 Å². The Morgan fingerprint density at radius 2 is 2.00 bits per heavy atom. The van der Waals surface area contributed by atoms with Crippen molar-refractivity contribution in [3.63, 3.8) is 0 Å². The zero-order valence-corrected chi connectivity index (χ0v) is 14.5. The Kier molecular flexibility index (Phi) is 4.86. The molecule has 1 heterocycles. The van der Waals surface area contributed by atoms with Crippen LogP contribution in [0.5, 0.6) is 0 Å². The number of fused-ring (bicyclic) bond motifs is 1. The molecular formula is C19H20ClN3O. The number of nitrogens with one attached hydrogen (secondary N) is 1. The Bertz CT molecular complexity index is 858. The highest BCUT2D eigenvalue weighted by Crippen LogP contribution is 2.30. The molecule has 4 nitrogen and oxygen atoms in total. The molecule has 0 aliphatic carbocycles. The number of benzene rings is 2. The molecule has 0 aliphatic heterocycles. The molecule has 0 fully saturated rings. The van der Waals surface area contributed by atoms with Gasteiger partial charge >= 0.3 is 0 Å². The third-order valence-corrected chi connectivity index (χ3v) is 4.31. The molecule has 0 saturated carbocycles. The molecule has 3 rings (SSSR count). The van der Waals surface area contributed by atoms with Crippen LogP contribution in [0.25, 0.3) is 22.2 Å². The van der Waals surface area contributed by atoms with Crippen LogP contribution in [0, 0.1) is 0 Å². The zero-order chi connectivity index (χ0) is 17.1. The third kappa shape index (κ3) is 3.44. The average Bonchev–Trinajstić information content (AvgIpc) is 2.93. The Morgan fingerprint density at radius 3 is 2.71 bits per heavy atom. The molecular weight excluding hydrogens is 322 g/mol. The molecule has 24 heavy (non-hydrogen) atoms. The number of aromatic nitrogens is 2. The van der Waals surface area contributed by atoms with E-state index < -0.39 is 0 Å². The highest BCUT2D eigenvalue weighted by Gasteiger charge is 2.15. The van der Waals surface area contributed by atoms with Crippen LogP contribution in [0.2, 0.25) is 5.02 Å². The van der Waals surface area contributed by atoms with Crippen LogP contribution in [0.3, 0.4) is 0 Å². The summed E-state index contributed by atoms with van der Waals surface area (Å²) >= 11 is 6.16. The van der Waals surface area contributed by atoms with E-state index in [2.05, 4.69) is 10.4 Å². The molecule has 0 aliphatic rings. The fraction of sp³-hybridized carbons (Fsp3) is 0.263. The van der Waals surface area contributed by atoms with Crippen LogP contribution in [0.15, 0.2) is 48.5 Å². The van der Waals surface area contributed by atoms with E-state index in [4.69, 9.17) is 11.6 Å². The molecule has 0 bridgehead atoms. The number of amides is 1. The summed E-state index contributed by atoms with van der Waals surface area (Å²) in [6.07, 6.45) is 0.899. The van der Waals surface area contributed by atoms with Gasteiger partial charge in [-0.3, -0.25) is 9.48 Å². The SMILES string of the molecule is CC[C@H](C)NC(=O)Cn1nc(-c2ccccc2)c2cc(Cl)ccc21. The van der Waals surface area contributed by atoms with Crippen LogP contribution >= 0.6 is 11.6 Å². The van der Waals surface area contributed by atoms with Crippen molar-refractivity contribution in [3.8, 4) is 11.3 Å². The van der Waals surface area contributed by atoms with Gasteiger partial charge in [-0.25, -0.2) is 0 Å². The number of carbonyl (C=O) groups is 1. The molecule has 2 aromatic carbocycles. The molecule has 1 atom stereocenters. The van der Waals surface area contributed by atoms with Crippen molar-refractivity contribution in [2.45, 2.75) is 32.9 Å². The van der Waals surface area contributed by atoms with Crippen molar-refractivity contribution in [2.75, 3.05) is 0 Å². The molecule has 1 amide bonds. The van der Waals surface area contributed by atoms with E-state index in [1.165, 1.54) is 0 Å². The van der Waals surface area contributed by atoms with Crippen LogP contribution in [-0.4, -0.2) is 21.7 Å². The zero-order valence-electron chi connectivity index (χ0n) is 13.8. The van der Waals surface area contributed by atoms with Crippen molar-refractivity contribution in [2.24, 2.45) is 0 Å². The second-order valence-corrected chi connectivity index (χ2v) is 6.35. The third-order valence-electron chi connectivity index (χ3n) is 4.07. The maximum atomic E-state index is 12.2. The van der Waals surface area contributed by atoms with Crippen LogP contribution < -0.4 is 5.32 Å². The number of rotatable bonds is 5. The standard InChI is InChI=1S/C19H20ClN3O/c1-3-13(2)21-18(24)12-23-17-10-9-15(20)11-16(17)19(22-23)14-7-5-4-6-8-14/h4-11,13H,3,12H2,1-2H3,(H,21,24)/t13-/m0/s1. The first kappa shape index (κ1) is 16.5. The minimum atomic E-state index is -0.0386. The van der Waals surface area contributed by atoms with Gasteiger partial charge in [0.25, 0.3) is 0 Å². The maximum Gasteiger partial charge on any atom is 0.241 e. The largest absolute Gasteiger partial charge is 0.352 e. The van der Waals surface area contributed by atoms with Gasteiger partial charge in [0.15, 0.2) is 0 Å². The summed E-state index contributed by atoms with van der Waals surface area (Å²) in [7, 11) is 0. The summed E-state index contributed by atoms with van der Waals surface area (Å²) < 4.78 is 1.74. The fourth-order valence-electron chi connectivity index (χ4n) is 2.64. The van der Waals surface area contributed by atoms with Crippen LogP contribution in [0.4, 0.5) is 0 Å². The average molecular weight is 342 g/mol. The highest BCUT2D eigenvalue weighted by molar-refractivity contribution is 6.31. The molecule has 0 radical (unpaired) electrons. The lowest BCUT2D eigenvalue weighted by Crippen LogP contribution is -2.34. The monoisotopic (exact) mass is 341 g/mol. The van der Waals surface area contributed by atoms with E-state index in [1.807, 2.05) is 62.4 Å². The van der Waals surface area contributed by atoms with Gasteiger partial charge < -0.3 is 5.32 Å². The fourth-order valence-corrected chi connectivity index (χ4v) is 2.81. The Hall–Kier alpha value is -2.33.